The number of hydrogen-bond donors (Lipinski definition) is 2. The second-order valence-electron chi connectivity index (χ2n) is 7.83. The number of halogens is 1. The molecule has 1 saturated heterocycles. The van der Waals surface area contributed by atoms with Gasteiger partial charge in [0.15, 0.2) is 0 Å². The van der Waals surface area contributed by atoms with Crippen molar-refractivity contribution in [3.63, 3.8) is 0 Å². The molecule has 0 aliphatic carbocycles. The second-order valence-corrected chi connectivity index (χ2v) is 7.83. The van der Waals surface area contributed by atoms with E-state index >= 15 is 0 Å². The molecule has 0 radical (unpaired) electrons. The van der Waals surface area contributed by atoms with Gasteiger partial charge in [0.25, 0.3) is 11.8 Å². The Balaban J connectivity index is 1.71. The normalized spacial score (nSPS) is 15.0. The van der Waals surface area contributed by atoms with Crippen molar-refractivity contribution in [2.24, 2.45) is 0 Å². The van der Waals surface area contributed by atoms with Crippen molar-refractivity contribution in [2.75, 3.05) is 10.2 Å². The Hall–Kier alpha value is -4.53. The summed E-state index contributed by atoms with van der Waals surface area (Å²) >= 11 is 0. The van der Waals surface area contributed by atoms with Gasteiger partial charge in [-0.05, 0) is 74.0 Å². The van der Waals surface area contributed by atoms with Crippen LogP contribution in [0, 0.1) is 19.7 Å². The van der Waals surface area contributed by atoms with E-state index in [1.54, 1.807) is 12.1 Å². The highest BCUT2D eigenvalue weighted by Gasteiger charge is 2.37. The van der Waals surface area contributed by atoms with Gasteiger partial charge < -0.3 is 9.88 Å². The fourth-order valence-corrected chi connectivity index (χ4v) is 3.89. The fourth-order valence-electron chi connectivity index (χ4n) is 3.89. The number of nitrogens with one attached hydrogen (secondary N) is 2. The highest BCUT2D eigenvalue weighted by molar-refractivity contribution is 6.39. The highest BCUT2D eigenvalue weighted by atomic mass is 19.1. The number of imide groups is 2. The second kappa shape index (κ2) is 8.78. The standard InChI is InChI=1S/C25H21FN4O4/c1-14-11-17(15(2)29(14)20-9-7-19(8-10-20)27-16(3)31)12-22-23(32)28-25(34)30(24(22)33)21-6-4-5-18(26)13-21/h4-13H,1-3H3,(H,27,31)(H,28,32,34)/b22-12+. The van der Waals surface area contributed by atoms with Crippen LogP contribution in [0.1, 0.15) is 23.9 Å². The van der Waals surface area contributed by atoms with E-state index in [0.717, 1.165) is 28.0 Å². The Labute approximate surface area is 194 Å². The predicted octanol–water partition coefficient (Wildman–Crippen LogP) is 3.86. The summed E-state index contributed by atoms with van der Waals surface area (Å²) < 4.78 is 15.6. The zero-order valence-electron chi connectivity index (χ0n) is 18.7. The number of carbonyl (C=O) groups is 4. The van der Waals surface area contributed by atoms with Crippen molar-refractivity contribution >= 4 is 41.2 Å². The molecule has 0 bridgehead atoms. The van der Waals surface area contributed by atoms with Crippen LogP contribution in [-0.2, 0) is 14.4 Å². The Kier molecular flexibility index (Phi) is 5.85. The molecule has 2 aromatic carbocycles. The molecule has 0 unspecified atom stereocenters. The van der Waals surface area contributed by atoms with Gasteiger partial charge in [0, 0.05) is 29.7 Å². The third kappa shape index (κ3) is 4.23. The number of hydrogen-bond acceptors (Lipinski definition) is 4. The van der Waals surface area contributed by atoms with E-state index < -0.39 is 23.7 Å². The summed E-state index contributed by atoms with van der Waals surface area (Å²) in [5.41, 5.74) is 3.47. The zero-order chi connectivity index (χ0) is 24.6. The molecule has 5 amide bonds. The summed E-state index contributed by atoms with van der Waals surface area (Å²) in [6.07, 6.45) is 1.42. The van der Waals surface area contributed by atoms with Crippen LogP contribution in [0.4, 0.5) is 20.6 Å². The lowest BCUT2D eigenvalue weighted by Gasteiger charge is -2.26. The van der Waals surface area contributed by atoms with Crippen LogP contribution in [0.15, 0.2) is 60.2 Å². The van der Waals surface area contributed by atoms with Crippen LogP contribution in [-0.4, -0.2) is 28.3 Å². The number of urea groups is 1. The molecule has 172 valence electrons. The van der Waals surface area contributed by atoms with Gasteiger partial charge in [-0.15, -0.1) is 0 Å². The largest absolute Gasteiger partial charge is 0.335 e. The first-order chi connectivity index (χ1) is 16.2. The molecule has 34 heavy (non-hydrogen) atoms. The lowest BCUT2D eigenvalue weighted by atomic mass is 10.1. The summed E-state index contributed by atoms with van der Waals surface area (Å²) in [5.74, 6) is -2.46. The van der Waals surface area contributed by atoms with Crippen LogP contribution in [0.5, 0.6) is 0 Å². The fraction of sp³-hybridized carbons (Fsp3) is 0.120. The van der Waals surface area contributed by atoms with Gasteiger partial charge in [0.2, 0.25) is 5.91 Å². The zero-order valence-corrected chi connectivity index (χ0v) is 18.7. The number of rotatable bonds is 4. The number of anilines is 2. The van der Waals surface area contributed by atoms with Gasteiger partial charge >= 0.3 is 6.03 Å². The molecular formula is C25H21FN4O4. The molecule has 0 spiro atoms. The van der Waals surface area contributed by atoms with E-state index in [-0.39, 0.29) is 17.2 Å². The van der Waals surface area contributed by atoms with Crippen LogP contribution in [0.3, 0.4) is 0 Å². The number of aryl methyl sites for hydroxylation is 1. The predicted molar refractivity (Wildman–Crippen MR) is 125 cm³/mol. The summed E-state index contributed by atoms with van der Waals surface area (Å²) in [5, 5.41) is 4.85. The molecule has 8 nitrogen and oxygen atoms in total. The van der Waals surface area contributed by atoms with Crippen LogP contribution in [0.25, 0.3) is 11.8 Å². The summed E-state index contributed by atoms with van der Waals surface area (Å²) in [6.45, 7) is 5.14. The van der Waals surface area contributed by atoms with Crippen molar-refractivity contribution in [1.82, 2.24) is 9.88 Å². The smallest absolute Gasteiger partial charge is 0.326 e. The molecule has 2 heterocycles. The maximum absolute atomic E-state index is 13.7. The van der Waals surface area contributed by atoms with Gasteiger partial charge in [-0.2, -0.15) is 0 Å². The van der Waals surface area contributed by atoms with E-state index in [9.17, 15) is 23.6 Å². The molecule has 1 aliphatic heterocycles. The molecule has 0 atom stereocenters. The third-order valence-electron chi connectivity index (χ3n) is 5.38. The summed E-state index contributed by atoms with van der Waals surface area (Å²) in [4.78, 5) is 49.9. The van der Waals surface area contributed by atoms with Gasteiger partial charge in [-0.1, -0.05) is 6.07 Å². The minimum Gasteiger partial charge on any atom is -0.326 e. The van der Waals surface area contributed by atoms with Gasteiger partial charge in [-0.25, -0.2) is 14.1 Å². The lowest BCUT2D eigenvalue weighted by Crippen LogP contribution is -2.54. The first-order valence-corrected chi connectivity index (χ1v) is 10.4. The third-order valence-corrected chi connectivity index (χ3v) is 5.38. The number of benzene rings is 2. The van der Waals surface area contributed by atoms with E-state index in [1.807, 2.05) is 36.6 Å². The van der Waals surface area contributed by atoms with Crippen LogP contribution in [0.2, 0.25) is 0 Å². The quantitative estimate of drug-likeness (QED) is 0.456. The number of nitrogens with zero attached hydrogens (tertiary/aromatic N) is 2. The Bertz CT molecular complexity index is 1370. The minimum absolute atomic E-state index is 0.0191. The molecule has 1 fully saturated rings. The van der Waals surface area contributed by atoms with E-state index in [4.69, 9.17) is 0 Å². The van der Waals surface area contributed by atoms with Gasteiger partial charge in [-0.3, -0.25) is 19.7 Å². The van der Waals surface area contributed by atoms with Gasteiger partial charge in [0.1, 0.15) is 11.4 Å². The minimum atomic E-state index is -0.942. The van der Waals surface area contributed by atoms with Gasteiger partial charge in [0.05, 0.1) is 5.69 Å². The monoisotopic (exact) mass is 460 g/mol. The number of aromatic nitrogens is 1. The molecule has 3 aromatic rings. The van der Waals surface area contributed by atoms with E-state index in [0.29, 0.717) is 11.3 Å². The molecule has 0 saturated carbocycles. The molecular weight excluding hydrogens is 439 g/mol. The van der Waals surface area contributed by atoms with Crippen LogP contribution >= 0.6 is 0 Å². The molecule has 4 rings (SSSR count). The number of amides is 5. The Morgan fingerprint density at radius 3 is 2.35 bits per heavy atom. The van der Waals surface area contributed by atoms with Crippen LogP contribution < -0.4 is 15.5 Å². The lowest BCUT2D eigenvalue weighted by molar-refractivity contribution is -0.122. The molecule has 9 heteroatoms. The SMILES string of the molecule is CC(=O)Nc1ccc(-n2c(C)cc(/C=C3\C(=O)NC(=O)N(c4cccc(F)c4)C3=O)c2C)cc1. The van der Waals surface area contributed by atoms with Crippen molar-refractivity contribution in [3.8, 4) is 5.69 Å². The maximum atomic E-state index is 13.7. The van der Waals surface area contributed by atoms with Crippen molar-refractivity contribution in [2.45, 2.75) is 20.8 Å². The first kappa shape index (κ1) is 22.7. The Morgan fingerprint density at radius 1 is 1.00 bits per heavy atom. The molecule has 1 aliphatic rings. The van der Waals surface area contributed by atoms with E-state index in [1.165, 1.54) is 31.2 Å². The average molecular weight is 460 g/mol. The van der Waals surface area contributed by atoms with Crippen molar-refractivity contribution < 1.29 is 23.6 Å². The highest BCUT2D eigenvalue weighted by Crippen LogP contribution is 2.27. The number of barbiturate groups is 1. The van der Waals surface area contributed by atoms with E-state index in [2.05, 4.69) is 10.6 Å². The summed E-state index contributed by atoms with van der Waals surface area (Å²) in [6, 6.07) is 13.1. The van der Waals surface area contributed by atoms with Crippen molar-refractivity contribution in [3.05, 3.63) is 82.9 Å². The average Bonchev–Trinajstić information content (AvgIpc) is 3.04. The maximum Gasteiger partial charge on any atom is 0.335 e. The van der Waals surface area contributed by atoms with Crippen molar-refractivity contribution in [1.29, 1.82) is 0 Å². The topological polar surface area (TPSA) is 101 Å². The molecule has 1 aromatic heterocycles. The molecule has 2 N–H and O–H groups in total. The summed E-state index contributed by atoms with van der Waals surface area (Å²) in [7, 11) is 0. The Morgan fingerprint density at radius 2 is 1.71 bits per heavy atom. The number of carbonyl (C=O) groups excluding carboxylic acids is 4. The first-order valence-electron chi connectivity index (χ1n) is 10.4.